The summed E-state index contributed by atoms with van der Waals surface area (Å²) in [6.45, 7) is -0.634. The van der Waals surface area contributed by atoms with E-state index in [4.69, 9.17) is 88.2 Å². The molecule has 0 amide bonds. The Labute approximate surface area is 192 Å². The molecule has 0 aromatic carbocycles. The van der Waals surface area contributed by atoms with Gasteiger partial charge < -0.3 is 39.4 Å². The van der Waals surface area contributed by atoms with E-state index in [0.29, 0.717) is 0 Å². The normalized spacial score (nSPS) is 10.9. The third-order valence-corrected chi connectivity index (χ3v) is 4.71. The molecular weight excluding hydrogens is 460 g/mol. The Morgan fingerprint density at radius 1 is 0.483 bits per heavy atom. The highest BCUT2D eigenvalue weighted by Gasteiger charge is 2.36. The van der Waals surface area contributed by atoms with E-state index in [2.05, 4.69) is 0 Å². The average molecular weight is 489 g/mol. The van der Waals surface area contributed by atoms with E-state index in [1.54, 1.807) is 0 Å². The van der Waals surface area contributed by atoms with Crippen LogP contribution >= 0.6 is 48.9 Å². The largest absolute Gasteiger partial charge is 0.486 e. The highest BCUT2D eigenvalue weighted by atomic mass is 32.1. The zero-order chi connectivity index (χ0) is 22.1. The molecule has 0 heterocycles. The predicted octanol–water partition coefficient (Wildman–Crippen LogP) is 0.878. The molecule has 12 heteroatoms. The molecule has 0 radical (unpaired) electrons. The minimum atomic E-state index is -0.946. The number of hydrogen-bond acceptors (Lipinski definition) is 12. The summed E-state index contributed by atoms with van der Waals surface area (Å²) < 4.78 is 22.3. The number of aliphatic hydroxyl groups excluding tert-OH is 4. The van der Waals surface area contributed by atoms with Crippen molar-refractivity contribution in [1.29, 1.82) is 0 Å². The molecule has 0 aromatic heterocycles. The van der Waals surface area contributed by atoms with Crippen molar-refractivity contribution in [1.82, 2.24) is 0 Å². The van der Waals surface area contributed by atoms with Crippen molar-refractivity contribution >= 4 is 69.1 Å². The first-order valence-corrected chi connectivity index (χ1v) is 10.5. The number of aliphatic hydroxyl groups is 4. The lowest BCUT2D eigenvalue weighted by atomic mass is 9.92. The van der Waals surface area contributed by atoms with Crippen LogP contribution in [-0.2, 0) is 18.9 Å². The third-order valence-electron chi connectivity index (χ3n) is 3.42. The lowest BCUT2D eigenvalue weighted by molar-refractivity contribution is -0.0170. The number of ether oxygens (including phenoxy) is 4. The molecule has 0 aliphatic heterocycles. The minimum Gasteiger partial charge on any atom is -0.486 e. The van der Waals surface area contributed by atoms with E-state index in [1.807, 2.05) is 0 Å². The van der Waals surface area contributed by atoms with Gasteiger partial charge in [0.1, 0.15) is 31.8 Å². The SMILES string of the molecule is OCCC(=S)OCC(COC(=S)CCO)(COC(=S)CCO)COC(=S)CCO. The van der Waals surface area contributed by atoms with Gasteiger partial charge in [-0.25, -0.2) is 0 Å². The smallest absolute Gasteiger partial charge is 0.162 e. The zero-order valence-corrected chi connectivity index (χ0v) is 19.3. The molecule has 8 nitrogen and oxygen atoms in total. The van der Waals surface area contributed by atoms with Gasteiger partial charge >= 0.3 is 0 Å². The molecule has 0 aromatic rings. The van der Waals surface area contributed by atoms with Gasteiger partial charge in [-0.15, -0.1) is 0 Å². The summed E-state index contributed by atoms with van der Waals surface area (Å²) in [6, 6.07) is 0. The Bertz CT molecular complexity index is 436. The fraction of sp³-hybridized carbons (Fsp3) is 0.765. The standard InChI is InChI=1S/C17H28O8S4/c18-5-1-13(26)22-9-17(10-23-14(27)2-6-19,11-24-15(28)3-7-20)12-25-16(29)4-8-21/h18-21H,1-12H2. The van der Waals surface area contributed by atoms with Crippen molar-refractivity contribution in [2.24, 2.45) is 5.41 Å². The lowest BCUT2D eigenvalue weighted by Gasteiger charge is -2.33. The van der Waals surface area contributed by atoms with Crippen molar-refractivity contribution in [2.45, 2.75) is 25.7 Å². The molecule has 4 N–H and O–H groups in total. The summed E-state index contributed by atoms with van der Waals surface area (Å²) in [6.07, 6.45) is 0.733. The molecule has 168 valence electrons. The maximum atomic E-state index is 9.01. The van der Waals surface area contributed by atoms with Crippen LogP contribution in [0.4, 0.5) is 0 Å². The molecule has 0 aliphatic rings. The van der Waals surface area contributed by atoms with Crippen molar-refractivity contribution in [3.05, 3.63) is 0 Å². The van der Waals surface area contributed by atoms with Gasteiger partial charge in [0.25, 0.3) is 0 Å². The van der Waals surface area contributed by atoms with Crippen molar-refractivity contribution in [2.75, 3.05) is 52.9 Å². The number of thiocarbonyl (C=S) groups is 4. The molecule has 0 unspecified atom stereocenters. The van der Waals surface area contributed by atoms with Gasteiger partial charge in [0, 0.05) is 25.7 Å². The minimum absolute atomic E-state index is 0.00293. The first kappa shape index (κ1) is 28.4. The van der Waals surface area contributed by atoms with E-state index < -0.39 is 5.41 Å². The third kappa shape index (κ3) is 14.1. The molecule has 0 atom stereocenters. The Hall–Kier alpha value is -0.600. The van der Waals surface area contributed by atoms with Crippen LogP contribution in [0.3, 0.4) is 0 Å². The molecule has 0 fully saturated rings. The first-order valence-electron chi connectivity index (χ1n) is 8.88. The van der Waals surface area contributed by atoms with Crippen LogP contribution in [0.2, 0.25) is 0 Å². The summed E-state index contributed by atoms with van der Waals surface area (Å²) in [5.41, 5.74) is -0.946. The summed E-state index contributed by atoms with van der Waals surface area (Å²) in [5.74, 6) is 0. The Balaban J connectivity index is 5.35. The summed E-state index contributed by atoms with van der Waals surface area (Å²) in [7, 11) is 0. The predicted molar refractivity (Wildman–Crippen MR) is 123 cm³/mol. The second kappa shape index (κ2) is 17.1. The van der Waals surface area contributed by atoms with E-state index in [0.717, 1.165) is 0 Å². The molecule has 0 spiro atoms. The molecule has 0 aliphatic carbocycles. The van der Waals surface area contributed by atoms with Gasteiger partial charge in [-0.3, -0.25) is 0 Å². The molecular formula is C17H28O8S4. The van der Waals surface area contributed by atoms with E-state index in [1.165, 1.54) is 0 Å². The highest BCUT2D eigenvalue weighted by Crippen LogP contribution is 2.23. The highest BCUT2D eigenvalue weighted by molar-refractivity contribution is 7.80. The van der Waals surface area contributed by atoms with Gasteiger partial charge in [0.2, 0.25) is 0 Å². The summed E-state index contributed by atoms with van der Waals surface area (Å²) in [5, 5.41) is 36.8. The Morgan fingerprint density at radius 2 is 0.690 bits per heavy atom. The van der Waals surface area contributed by atoms with E-state index in [-0.39, 0.29) is 98.7 Å². The van der Waals surface area contributed by atoms with Gasteiger partial charge in [0.15, 0.2) is 20.2 Å². The monoisotopic (exact) mass is 488 g/mol. The second-order valence-electron chi connectivity index (χ2n) is 6.04. The summed E-state index contributed by atoms with van der Waals surface area (Å²) >= 11 is 20.3. The fourth-order valence-electron chi connectivity index (χ4n) is 1.84. The van der Waals surface area contributed by atoms with Crippen LogP contribution in [0.15, 0.2) is 0 Å². The van der Waals surface area contributed by atoms with Gasteiger partial charge in [-0.1, -0.05) is 0 Å². The van der Waals surface area contributed by atoms with Crippen LogP contribution in [0.1, 0.15) is 25.7 Å². The fourth-order valence-corrected chi connectivity index (χ4v) is 2.44. The number of hydrogen-bond donors (Lipinski definition) is 4. The topological polar surface area (TPSA) is 118 Å². The van der Waals surface area contributed by atoms with Gasteiger partial charge in [0.05, 0.1) is 26.4 Å². The maximum Gasteiger partial charge on any atom is 0.162 e. The molecule has 0 saturated heterocycles. The van der Waals surface area contributed by atoms with E-state index in [9.17, 15) is 0 Å². The van der Waals surface area contributed by atoms with Crippen molar-refractivity contribution < 1.29 is 39.4 Å². The van der Waals surface area contributed by atoms with Crippen LogP contribution in [0.25, 0.3) is 0 Å². The van der Waals surface area contributed by atoms with Crippen LogP contribution in [-0.4, -0.2) is 93.5 Å². The second-order valence-corrected chi connectivity index (χ2v) is 7.86. The molecule has 0 saturated carbocycles. The number of rotatable bonds is 16. The lowest BCUT2D eigenvalue weighted by Crippen LogP contribution is -2.43. The Morgan fingerprint density at radius 3 is 0.862 bits per heavy atom. The van der Waals surface area contributed by atoms with Crippen molar-refractivity contribution in [3.63, 3.8) is 0 Å². The van der Waals surface area contributed by atoms with Gasteiger partial charge in [-0.05, 0) is 48.9 Å². The first-order chi connectivity index (χ1) is 13.8. The zero-order valence-electron chi connectivity index (χ0n) is 16.0. The maximum absolute atomic E-state index is 9.01. The van der Waals surface area contributed by atoms with Crippen LogP contribution in [0, 0.1) is 5.41 Å². The molecule has 29 heavy (non-hydrogen) atoms. The quantitative estimate of drug-likeness (QED) is 0.231. The van der Waals surface area contributed by atoms with Crippen molar-refractivity contribution in [3.8, 4) is 0 Å². The van der Waals surface area contributed by atoms with E-state index >= 15 is 0 Å². The Kier molecular flexibility index (Phi) is 16.8. The molecule has 0 rings (SSSR count). The van der Waals surface area contributed by atoms with Crippen LogP contribution < -0.4 is 0 Å². The molecule has 0 bridgehead atoms. The average Bonchev–Trinajstić information content (AvgIpc) is 2.68. The van der Waals surface area contributed by atoms with Gasteiger partial charge in [-0.2, -0.15) is 0 Å². The van der Waals surface area contributed by atoms with Crippen LogP contribution in [0.5, 0.6) is 0 Å². The summed E-state index contributed by atoms with van der Waals surface area (Å²) in [4.78, 5) is 0.